The molecule has 1 aliphatic rings. The van der Waals surface area contributed by atoms with Crippen molar-refractivity contribution in [1.82, 2.24) is 10.2 Å². The second-order valence-electron chi connectivity index (χ2n) is 4.49. The molecule has 1 heterocycles. The van der Waals surface area contributed by atoms with Gasteiger partial charge in [-0.1, -0.05) is 13.0 Å². The van der Waals surface area contributed by atoms with E-state index in [1.165, 1.54) is 6.42 Å². The molecule has 3 N–H and O–H groups in total. The van der Waals surface area contributed by atoms with Crippen LogP contribution in [0, 0.1) is 5.92 Å². The minimum absolute atomic E-state index is 0.0625. The van der Waals surface area contributed by atoms with Crippen molar-refractivity contribution in [3.63, 3.8) is 0 Å². The van der Waals surface area contributed by atoms with Gasteiger partial charge in [0.1, 0.15) is 0 Å². The number of carbonyl (C=O) groups excluding carboxylic acids is 1. The molecule has 0 aliphatic carbocycles. The second kappa shape index (κ2) is 6.66. The monoisotopic (exact) mass is 225 g/mol. The Kier molecular flexibility index (Phi) is 5.49. The summed E-state index contributed by atoms with van der Waals surface area (Å²) in [6, 6.07) is 0.350. The lowest BCUT2D eigenvalue weighted by molar-refractivity contribution is -0.123. The van der Waals surface area contributed by atoms with Crippen LogP contribution in [0.25, 0.3) is 0 Å². The summed E-state index contributed by atoms with van der Waals surface area (Å²) in [5.74, 6) is 0.651. The topological polar surface area (TPSA) is 58.4 Å². The number of nitrogens with zero attached hydrogens (tertiary/aromatic N) is 1. The van der Waals surface area contributed by atoms with Gasteiger partial charge in [-0.2, -0.15) is 0 Å². The summed E-state index contributed by atoms with van der Waals surface area (Å²) in [7, 11) is 0. The Morgan fingerprint density at radius 1 is 1.69 bits per heavy atom. The first-order chi connectivity index (χ1) is 7.69. The second-order valence-corrected chi connectivity index (χ2v) is 4.49. The van der Waals surface area contributed by atoms with Crippen LogP contribution in [0.5, 0.6) is 0 Å². The third kappa shape index (κ3) is 3.61. The van der Waals surface area contributed by atoms with Crippen LogP contribution in [-0.2, 0) is 4.79 Å². The molecule has 0 aromatic rings. The maximum absolute atomic E-state index is 11.6. The summed E-state index contributed by atoms with van der Waals surface area (Å²) < 4.78 is 0. The molecule has 0 aromatic heterocycles. The minimum Gasteiger partial charge on any atom is -0.352 e. The van der Waals surface area contributed by atoms with Gasteiger partial charge >= 0.3 is 0 Å². The fourth-order valence-corrected chi connectivity index (χ4v) is 2.34. The van der Waals surface area contributed by atoms with Crippen molar-refractivity contribution in [2.24, 2.45) is 11.7 Å². The molecule has 0 radical (unpaired) electrons. The molecule has 92 valence electrons. The van der Waals surface area contributed by atoms with Crippen molar-refractivity contribution >= 4 is 5.91 Å². The number of likely N-dealkylation sites (tertiary alicyclic amines) is 1. The number of carbonyl (C=O) groups is 1. The van der Waals surface area contributed by atoms with E-state index in [9.17, 15) is 4.79 Å². The first kappa shape index (κ1) is 13.2. The molecule has 0 saturated carbocycles. The highest BCUT2D eigenvalue weighted by Crippen LogP contribution is 2.21. The van der Waals surface area contributed by atoms with Gasteiger partial charge in [-0.15, -0.1) is 6.58 Å². The average molecular weight is 225 g/mol. The Morgan fingerprint density at radius 2 is 2.44 bits per heavy atom. The highest BCUT2D eigenvalue weighted by atomic mass is 16.2. The fourth-order valence-electron chi connectivity index (χ4n) is 2.34. The Hall–Kier alpha value is -0.870. The number of hydrogen-bond acceptors (Lipinski definition) is 3. The molecule has 2 unspecified atom stereocenters. The van der Waals surface area contributed by atoms with Crippen molar-refractivity contribution in [2.45, 2.75) is 25.8 Å². The molecule has 1 amide bonds. The van der Waals surface area contributed by atoms with E-state index >= 15 is 0 Å². The van der Waals surface area contributed by atoms with Crippen molar-refractivity contribution in [1.29, 1.82) is 0 Å². The zero-order valence-electron chi connectivity index (χ0n) is 10.1. The molecule has 2 atom stereocenters. The minimum atomic E-state index is 0.0625. The molecule has 4 nitrogen and oxygen atoms in total. The summed E-state index contributed by atoms with van der Waals surface area (Å²) in [5, 5.41) is 2.80. The lowest BCUT2D eigenvalue weighted by atomic mass is 9.91. The molecule has 1 aliphatic heterocycles. The molecule has 4 heteroatoms. The van der Waals surface area contributed by atoms with Crippen molar-refractivity contribution in [3.8, 4) is 0 Å². The Bertz CT molecular complexity index is 242. The summed E-state index contributed by atoms with van der Waals surface area (Å²) >= 11 is 0. The van der Waals surface area contributed by atoms with Crippen LogP contribution in [-0.4, -0.2) is 43.0 Å². The Labute approximate surface area is 97.9 Å². The van der Waals surface area contributed by atoms with Gasteiger partial charge in [-0.05, 0) is 25.3 Å². The van der Waals surface area contributed by atoms with Gasteiger partial charge in [0.2, 0.25) is 5.91 Å². The van der Waals surface area contributed by atoms with E-state index in [1.807, 2.05) is 0 Å². The maximum Gasteiger partial charge on any atom is 0.234 e. The molecule has 16 heavy (non-hydrogen) atoms. The summed E-state index contributed by atoms with van der Waals surface area (Å²) in [5.41, 5.74) is 5.77. The van der Waals surface area contributed by atoms with Crippen LogP contribution < -0.4 is 11.1 Å². The van der Waals surface area contributed by atoms with Crippen LogP contribution >= 0.6 is 0 Å². The molecule has 0 spiro atoms. The van der Waals surface area contributed by atoms with E-state index in [0.29, 0.717) is 31.6 Å². The lowest BCUT2D eigenvalue weighted by Crippen LogP contribution is -2.51. The van der Waals surface area contributed by atoms with Crippen molar-refractivity contribution < 1.29 is 4.79 Å². The van der Waals surface area contributed by atoms with E-state index < -0.39 is 0 Å². The first-order valence-electron chi connectivity index (χ1n) is 6.00. The number of nitrogens with two attached hydrogens (primary N) is 1. The van der Waals surface area contributed by atoms with Gasteiger partial charge in [0.25, 0.3) is 0 Å². The molecular formula is C12H23N3O. The Morgan fingerprint density at radius 3 is 3.06 bits per heavy atom. The molecule has 0 bridgehead atoms. The first-order valence-corrected chi connectivity index (χ1v) is 6.00. The van der Waals surface area contributed by atoms with Gasteiger partial charge in [0.05, 0.1) is 6.54 Å². The highest BCUT2D eigenvalue weighted by molar-refractivity contribution is 5.78. The van der Waals surface area contributed by atoms with E-state index in [4.69, 9.17) is 5.73 Å². The molecule has 1 fully saturated rings. The zero-order chi connectivity index (χ0) is 12.0. The van der Waals surface area contributed by atoms with Crippen molar-refractivity contribution in [2.75, 3.05) is 26.2 Å². The van der Waals surface area contributed by atoms with Gasteiger partial charge in [-0.25, -0.2) is 0 Å². The van der Waals surface area contributed by atoms with Gasteiger partial charge < -0.3 is 11.1 Å². The summed E-state index contributed by atoms with van der Waals surface area (Å²) in [4.78, 5) is 13.8. The SMILES string of the molecule is C=CCNC(=O)CN1CCCC(C)C1CN. The van der Waals surface area contributed by atoms with E-state index in [0.717, 1.165) is 13.0 Å². The van der Waals surface area contributed by atoms with Crippen LogP contribution in [0.4, 0.5) is 0 Å². The zero-order valence-corrected chi connectivity index (χ0v) is 10.1. The molecule has 1 saturated heterocycles. The summed E-state index contributed by atoms with van der Waals surface area (Å²) in [6.45, 7) is 8.40. The quantitative estimate of drug-likeness (QED) is 0.664. The number of nitrogens with one attached hydrogen (secondary N) is 1. The predicted octanol–water partition coefficient (Wildman–Crippen LogP) is 0.348. The number of rotatable bonds is 5. The predicted molar refractivity (Wildman–Crippen MR) is 66.0 cm³/mol. The molecule has 1 rings (SSSR count). The van der Waals surface area contributed by atoms with Crippen LogP contribution in [0.1, 0.15) is 19.8 Å². The molecular weight excluding hydrogens is 202 g/mol. The fraction of sp³-hybridized carbons (Fsp3) is 0.750. The highest BCUT2D eigenvalue weighted by Gasteiger charge is 2.28. The van der Waals surface area contributed by atoms with Crippen LogP contribution in [0.3, 0.4) is 0 Å². The third-order valence-corrected chi connectivity index (χ3v) is 3.26. The van der Waals surface area contributed by atoms with Gasteiger partial charge in [-0.3, -0.25) is 9.69 Å². The van der Waals surface area contributed by atoms with Crippen LogP contribution in [0.2, 0.25) is 0 Å². The van der Waals surface area contributed by atoms with E-state index in [1.54, 1.807) is 6.08 Å². The molecule has 0 aromatic carbocycles. The van der Waals surface area contributed by atoms with Gasteiger partial charge in [0.15, 0.2) is 0 Å². The maximum atomic E-state index is 11.6. The van der Waals surface area contributed by atoms with Crippen molar-refractivity contribution in [3.05, 3.63) is 12.7 Å². The largest absolute Gasteiger partial charge is 0.352 e. The Balaban J connectivity index is 2.44. The van der Waals surface area contributed by atoms with Gasteiger partial charge in [0, 0.05) is 19.1 Å². The number of amides is 1. The number of hydrogen-bond donors (Lipinski definition) is 2. The average Bonchev–Trinajstić information content (AvgIpc) is 2.27. The third-order valence-electron chi connectivity index (χ3n) is 3.26. The smallest absolute Gasteiger partial charge is 0.234 e. The van der Waals surface area contributed by atoms with Crippen LogP contribution in [0.15, 0.2) is 12.7 Å². The standard InChI is InChI=1S/C12H23N3O/c1-3-6-14-12(16)9-15-7-4-5-10(2)11(15)8-13/h3,10-11H,1,4-9,13H2,2H3,(H,14,16). The lowest BCUT2D eigenvalue weighted by Gasteiger charge is -2.38. The number of piperidine rings is 1. The van der Waals surface area contributed by atoms with E-state index in [2.05, 4.69) is 23.7 Å². The normalized spacial score (nSPS) is 26.4. The van der Waals surface area contributed by atoms with E-state index in [-0.39, 0.29) is 5.91 Å². The summed E-state index contributed by atoms with van der Waals surface area (Å²) in [6.07, 6.45) is 4.07.